The molecule has 29 heavy (non-hydrogen) atoms. The van der Waals surface area contributed by atoms with E-state index in [-0.39, 0.29) is 0 Å². The highest BCUT2D eigenvalue weighted by Gasteiger charge is 2.19. The standard InChI is InChI=1S/C21H26N6OS/c1-24-20(18-4-3-5-19(14-18)28-2)23-27(21(24)29)16-26-12-10-25(11-13-26)15-17-6-8-22-9-7-17/h3-9,14H,10-13,15-16H2,1-2H3. The quantitative estimate of drug-likeness (QED) is 0.583. The summed E-state index contributed by atoms with van der Waals surface area (Å²) in [6.07, 6.45) is 3.71. The molecule has 0 unspecified atom stereocenters. The van der Waals surface area contributed by atoms with Gasteiger partial charge in [0.05, 0.1) is 13.8 Å². The molecule has 0 atom stereocenters. The monoisotopic (exact) mass is 410 g/mol. The Kier molecular flexibility index (Phi) is 6.03. The van der Waals surface area contributed by atoms with E-state index < -0.39 is 0 Å². The van der Waals surface area contributed by atoms with Gasteiger partial charge in [0.25, 0.3) is 0 Å². The van der Waals surface area contributed by atoms with Crippen molar-refractivity contribution in [2.24, 2.45) is 7.05 Å². The number of hydrogen-bond donors (Lipinski definition) is 0. The predicted molar refractivity (Wildman–Crippen MR) is 115 cm³/mol. The third kappa shape index (κ3) is 4.55. The summed E-state index contributed by atoms with van der Waals surface area (Å²) in [6.45, 7) is 5.74. The zero-order valence-electron chi connectivity index (χ0n) is 16.9. The summed E-state index contributed by atoms with van der Waals surface area (Å²) in [5, 5.41) is 4.79. The molecule has 7 nitrogen and oxygen atoms in total. The van der Waals surface area contributed by atoms with E-state index in [4.69, 9.17) is 22.1 Å². The van der Waals surface area contributed by atoms with Gasteiger partial charge in [0.2, 0.25) is 0 Å². The van der Waals surface area contributed by atoms with Crippen LogP contribution in [0.1, 0.15) is 5.56 Å². The van der Waals surface area contributed by atoms with Crippen LogP contribution in [0.5, 0.6) is 5.75 Å². The zero-order valence-corrected chi connectivity index (χ0v) is 17.7. The summed E-state index contributed by atoms with van der Waals surface area (Å²) >= 11 is 5.64. The minimum Gasteiger partial charge on any atom is -0.497 e. The number of nitrogens with zero attached hydrogens (tertiary/aromatic N) is 6. The second-order valence-electron chi connectivity index (χ2n) is 7.29. The molecular weight excluding hydrogens is 384 g/mol. The van der Waals surface area contributed by atoms with Crippen LogP contribution < -0.4 is 4.74 Å². The molecule has 0 spiro atoms. The fourth-order valence-electron chi connectivity index (χ4n) is 3.62. The van der Waals surface area contributed by atoms with Gasteiger partial charge < -0.3 is 9.30 Å². The van der Waals surface area contributed by atoms with Crippen molar-refractivity contribution in [3.05, 3.63) is 59.1 Å². The van der Waals surface area contributed by atoms with E-state index >= 15 is 0 Å². The minimum absolute atomic E-state index is 0.708. The molecule has 8 heteroatoms. The van der Waals surface area contributed by atoms with Crippen molar-refractivity contribution in [3.63, 3.8) is 0 Å². The van der Waals surface area contributed by atoms with E-state index in [0.29, 0.717) is 6.67 Å². The number of rotatable bonds is 6. The first-order valence-electron chi connectivity index (χ1n) is 9.76. The summed E-state index contributed by atoms with van der Waals surface area (Å²) < 4.78 is 9.95. The normalized spacial score (nSPS) is 15.5. The van der Waals surface area contributed by atoms with Gasteiger partial charge in [-0.05, 0) is 42.0 Å². The van der Waals surface area contributed by atoms with Gasteiger partial charge in [-0.1, -0.05) is 12.1 Å². The van der Waals surface area contributed by atoms with Crippen molar-refractivity contribution >= 4 is 12.2 Å². The number of aromatic nitrogens is 4. The van der Waals surface area contributed by atoms with E-state index in [1.165, 1.54) is 5.56 Å². The molecule has 4 rings (SSSR count). The molecule has 2 aromatic heterocycles. The van der Waals surface area contributed by atoms with Crippen LogP contribution >= 0.6 is 12.2 Å². The van der Waals surface area contributed by atoms with E-state index in [0.717, 1.165) is 54.6 Å². The van der Waals surface area contributed by atoms with Crippen LogP contribution in [0.2, 0.25) is 0 Å². The van der Waals surface area contributed by atoms with Crippen molar-refractivity contribution in [2.45, 2.75) is 13.2 Å². The van der Waals surface area contributed by atoms with Crippen molar-refractivity contribution < 1.29 is 4.74 Å². The first kappa shape index (κ1) is 19.8. The summed E-state index contributed by atoms with van der Waals surface area (Å²) in [7, 11) is 3.64. The Balaban J connectivity index is 1.41. The lowest BCUT2D eigenvalue weighted by atomic mass is 10.2. The van der Waals surface area contributed by atoms with Gasteiger partial charge in [0.15, 0.2) is 10.6 Å². The third-order valence-electron chi connectivity index (χ3n) is 5.32. The van der Waals surface area contributed by atoms with Crippen LogP contribution in [0.3, 0.4) is 0 Å². The van der Waals surface area contributed by atoms with Gasteiger partial charge in [-0.3, -0.25) is 14.8 Å². The Morgan fingerprint density at radius 3 is 2.48 bits per heavy atom. The lowest BCUT2D eigenvalue weighted by Gasteiger charge is -2.34. The third-order valence-corrected chi connectivity index (χ3v) is 5.81. The number of ether oxygens (including phenoxy) is 1. The van der Waals surface area contributed by atoms with Crippen LogP contribution in [0.25, 0.3) is 11.4 Å². The number of hydrogen-bond acceptors (Lipinski definition) is 6. The zero-order chi connectivity index (χ0) is 20.2. The second-order valence-corrected chi connectivity index (χ2v) is 7.65. The SMILES string of the molecule is COc1cccc(-c2nn(CN3CCN(Cc4ccncc4)CC3)c(=S)n2C)c1. The maximum Gasteiger partial charge on any atom is 0.199 e. The van der Waals surface area contributed by atoms with Crippen molar-refractivity contribution in [3.8, 4) is 17.1 Å². The van der Waals surface area contributed by atoms with Gasteiger partial charge in [0.1, 0.15) is 5.75 Å². The van der Waals surface area contributed by atoms with Crippen LogP contribution in [0, 0.1) is 4.77 Å². The van der Waals surface area contributed by atoms with Crippen molar-refractivity contribution in [1.29, 1.82) is 0 Å². The van der Waals surface area contributed by atoms with Gasteiger partial charge >= 0.3 is 0 Å². The number of benzene rings is 1. The molecule has 3 heterocycles. The smallest absolute Gasteiger partial charge is 0.199 e. The highest BCUT2D eigenvalue weighted by Crippen LogP contribution is 2.22. The molecule has 0 radical (unpaired) electrons. The largest absolute Gasteiger partial charge is 0.497 e. The minimum atomic E-state index is 0.708. The predicted octanol–water partition coefficient (Wildman–Crippen LogP) is 2.80. The Morgan fingerprint density at radius 1 is 1.03 bits per heavy atom. The van der Waals surface area contributed by atoms with Gasteiger partial charge in [-0.2, -0.15) is 5.10 Å². The average molecular weight is 411 g/mol. The molecule has 152 valence electrons. The van der Waals surface area contributed by atoms with E-state index in [1.807, 2.05) is 53.0 Å². The van der Waals surface area contributed by atoms with Crippen LogP contribution in [-0.2, 0) is 20.3 Å². The summed E-state index contributed by atoms with van der Waals surface area (Å²) in [5.41, 5.74) is 2.31. The molecule has 0 N–H and O–H groups in total. The van der Waals surface area contributed by atoms with Crippen LogP contribution in [0.4, 0.5) is 0 Å². The average Bonchev–Trinajstić information content (AvgIpc) is 3.04. The number of piperazine rings is 1. The highest BCUT2D eigenvalue weighted by molar-refractivity contribution is 7.71. The van der Waals surface area contributed by atoms with E-state index in [1.54, 1.807) is 7.11 Å². The van der Waals surface area contributed by atoms with Crippen LogP contribution in [-0.4, -0.2) is 62.4 Å². The topological polar surface area (TPSA) is 51.4 Å². The molecular formula is C21H26N6OS. The second kappa shape index (κ2) is 8.86. The Hall–Kier alpha value is -2.55. The summed E-state index contributed by atoms with van der Waals surface area (Å²) in [6, 6.07) is 12.1. The van der Waals surface area contributed by atoms with Crippen molar-refractivity contribution in [1.82, 2.24) is 29.1 Å². The molecule has 0 saturated carbocycles. The van der Waals surface area contributed by atoms with Gasteiger partial charge in [0, 0.05) is 57.7 Å². The first-order chi connectivity index (χ1) is 14.1. The summed E-state index contributed by atoms with van der Waals surface area (Å²) in [5.74, 6) is 1.67. The maximum absolute atomic E-state index is 5.64. The molecule has 1 aromatic carbocycles. The lowest BCUT2D eigenvalue weighted by molar-refractivity contribution is 0.0981. The molecule has 1 saturated heterocycles. The highest BCUT2D eigenvalue weighted by atomic mass is 32.1. The fourth-order valence-corrected chi connectivity index (χ4v) is 3.80. The van der Waals surface area contributed by atoms with E-state index in [9.17, 15) is 0 Å². The Bertz CT molecular complexity index is 1010. The lowest BCUT2D eigenvalue weighted by Crippen LogP contribution is -2.46. The van der Waals surface area contributed by atoms with Crippen molar-refractivity contribution in [2.75, 3.05) is 33.3 Å². The molecule has 1 aliphatic rings. The molecule has 3 aromatic rings. The Labute approximate surface area is 176 Å². The van der Waals surface area contributed by atoms with Gasteiger partial charge in [-0.25, -0.2) is 4.68 Å². The fraction of sp³-hybridized carbons (Fsp3) is 0.381. The number of methoxy groups -OCH3 is 1. The van der Waals surface area contributed by atoms with Gasteiger partial charge in [-0.15, -0.1) is 0 Å². The molecule has 0 aliphatic carbocycles. The summed E-state index contributed by atoms with van der Waals surface area (Å²) in [4.78, 5) is 8.97. The van der Waals surface area contributed by atoms with E-state index in [2.05, 4.69) is 26.9 Å². The Morgan fingerprint density at radius 2 is 1.76 bits per heavy atom. The molecule has 1 fully saturated rings. The molecule has 0 bridgehead atoms. The molecule has 1 aliphatic heterocycles. The van der Waals surface area contributed by atoms with Crippen LogP contribution in [0.15, 0.2) is 48.8 Å². The maximum atomic E-state index is 5.64. The first-order valence-corrected chi connectivity index (χ1v) is 10.2. The molecule has 0 amide bonds. The number of pyridine rings is 1.